The Bertz CT molecular complexity index is 469. The van der Waals surface area contributed by atoms with Gasteiger partial charge in [-0.3, -0.25) is 4.79 Å². The molecular formula is C16H23ClN2O. The molecule has 0 spiro atoms. The van der Waals surface area contributed by atoms with E-state index < -0.39 is 0 Å². The van der Waals surface area contributed by atoms with Gasteiger partial charge in [0.2, 0.25) is 5.91 Å². The molecule has 1 N–H and O–H groups in total. The number of hydrogen-bond acceptors (Lipinski definition) is 2. The molecule has 1 fully saturated rings. The van der Waals surface area contributed by atoms with Crippen LogP contribution in [0.15, 0.2) is 24.3 Å². The van der Waals surface area contributed by atoms with E-state index in [1.807, 2.05) is 36.1 Å². The highest BCUT2D eigenvalue weighted by molar-refractivity contribution is 6.30. The third-order valence-electron chi connectivity index (χ3n) is 4.04. The fourth-order valence-electron chi connectivity index (χ4n) is 2.80. The lowest BCUT2D eigenvalue weighted by molar-refractivity contribution is -0.142. The summed E-state index contributed by atoms with van der Waals surface area (Å²) >= 11 is 6.01. The molecule has 2 rings (SSSR count). The van der Waals surface area contributed by atoms with E-state index in [-0.39, 0.29) is 11.3 Å². The van der Waals surface area contributed by atoms with Crippen LogP contribution in [0.5, 0.6) is 0 Å². The Morgan fingerprint density at radius 1 is 1.50 bits per heavy atom. The van der Waals surface area contributed by atoms with Crippen molar-refractivity contribution in [2.75, 3.05) is 19.6 Å². The molecular weight excluding hydrogens is 272 g/mol. The van der Waals surface area contributed by atoms with Crippen molar-refractivity contribution in [3.05, 3.63) is 34.9 Å². The number of piperidine rings is 1. The molecule has 1 heterocycles. The van der Waals surface area contributed by atoms with Crippen LogP contribution in [0.2, 0.25) is 5.02 Å². The molecule has 1 aromatic rings. The van der Waals surface area contributed by atoms with E-state index >= 15 is 0 Å². The Labute approximate surface area is 126 Å². The summed E-state index contributed by atoms with van der Waals surface area (Å²) < 4.78 is 0. The third kappa shape index (κ3) is 3.53. The number of rotatable bonds is 4. The van der Waals surface area contributed by atoms with Gasteiger partial charge in [-0.2, -0.15) is 0 Å². The standard InChI is InChI=1S/C16H23ClN2O/c1-3-19(11-13-6-4-7-14(17)10-13)15(20)16(2)8-5-9-18-12-16/h4,6-7,10,18H,3,5,8-9,11-12H2,1-2H3. The zero-order chi connectivity index (χ0) is 14.6. The first kappa shape index (κ1) is 15.3. The average Bonchev–Trinajstić information content (AvgIpc) is 2.45. The van der Waals surface area contributed by atoms with Gasteiger partial charge in [0.15, 0.2) is 0 Å². The van der Waals surface area contributed by atoms with Crippen molar-refractivity contribution in [2.24, 2.45) is 5.41 Å². The molecule has 1 atom stereocenters. The molecule has 110 valence electrons. The maximum absolute atomic E-state index is 12.8. The maximum Gasteiger partial charge on any atom is 0.230 e. The summed E-state index contributed by atoms with van der Waals surface area (Å²) in [4.78, 5) is 14.7. The second-order valence-corrected chi connectivity index (χ2v) is 6.23. The van der Waals surface area contributed by atoms with Gasteiger partial charge in [0.25, 0.3) is 0 Å². The number of hydrogen-bond donors (Lipinski definition) is 1. The molecule has 0 saturated carbocycles. The highest BCUT2D eigenvalue weighted by Gasteiger charge is 2.37. The van der Waals surface area contributed by atoms with Gasteiger partial charge in [-0.25, -0.2) is 0 Å². The largest absolute Gasteiger partial charge is 0.338 e. The van der Waals surface area contributed by atoms with Crippen LogP contribution in [0.1, 0.15) is 32.3 Å². The van der Waals surface area contributed by atoms with Crippen LogP contribution >= 0.6 is 11.6 Å². The molecule has 0 radical (unpaired) electrons. The van der Waals surface area contributed by atoms with E-state index in [1.54, 1.807) is 0 Å². The first-order valence-electron chi connectivity index (χ1n) is 7.30. The number of benzene rings is 1. The highest BCUT2D eigenvalue weighted by atomic mass is 35.5. The summed E-state index contributed by atoms with van der Waals surface area (Å²) in [6.07, 6.45) is 2.03. The van der Waals surface area contributed by atoms with Crippen molar-refractivity contribution in [1.29, 1.82) is 0 Å². The lowest BCUT2D eigenvalue weighted by Crippen LogP contribution is -2.50. The lowest BCUT2D eigenvalue weighted by atomic mass is 9.81. The van der Waals surface area contributed by atoms with E-state index in [1.165, 1.54) is 0 Å². The fourth-order valence-corrected chi connectivity index (χ4v) is 3.02. The summed E-state index contributed by atoms with van der Waals surface area (Å²) in [5, 5.41) is 4.06. The van der Waals surface area contributed by atoms with E-state index in [0.717, 1.165) is 43.1 Å². The Morgan fingerprint density at radius 3 is 2.90 bits per heavy atom. The van der Waals surface area contributed by atoms with E-state index in [0.29, 0.717) is 6.54 Å². The normalized spacial score (nSPS) is 22.6. The minimum absolute atomic E-state index is 0.243. The van der Waals surface area contributed by atoms with E-state index in [4.69, 9.17) is 11.6 Å². The Kier molecular flexibility index (Phi) is 5.06. The molecule has 0 aliphatic carbocycles. The quantitative estimate of drug-likeness (QED) is 0.925. The monoisotopic (exact) mass is 294 g/mol. The Morgan fingerprint density at radius 2 is 2.30 bits per heavy atom. The van der Waals surface area contributed by atoms with Crippen LogP contribution in [0.25, 0.3) is 0 Å². The zero-order valence-corrected chi connectivity index (χ0v) is 13.0. The molecule has 1 aliphatic heterocycles. The number of nitrogens with one attached hydrogen (secondary N) is 1. The third-order valence-corrected chi connectivity index (χ3v) is 4.28. The number of halogens is 1. The minimum atomic E-state index is -0.271. The van der Waals surface area contributed by atoms with Crippen molar-refractivity contribution < 1.29 is 4.79 Å². The average molecular weight is 295 g/mol. The van der Waals surface area contributed by atoms with Crippen LogP contribution in [0.3, 0.4) is 0 Å². The summed E-state index contributed by atoms with van der Waals surface area (Å²) in [5.41, 5.74) is 0.812. The first-order valence-corrected chi connectivity index (χ1v) is 7.67. The summed E-state index contributed by atoms with van der Waals surface area (Å²) in [5.74, 6) is 0.243. The first-order chi connectivity index (χ1) is 9.55. The van der Waals surface area contributed by atoms with E-state index in [2.05, 4.69) is 12.2 Å². The molecule has 1 aromatic carbocycles. The Balaban J connectivity index is 2.09. The fraction of sp³-hybridized carbons (Fsp3) is 0.562. The second kappa shape index (κ2) is 6.59. The topological polar surface area (TPSA) is 32.3 Å². The number of amides is 1. The molecule has 1 amide bonds. The zero-order valence-electron chi connectivity index (χ0n) is 12.3. The molecule has 1 saturated heterocycles. The lowest BCUT2D eigenvalue weighted by Gasteiger charge is -2.37. The van der Waals surface area contributed by atoms with Crippen molar-refractivity contribution in [1.82, 2.24) is 10.2 Å². The van der Waals surface area contributed by atoms with Crippen molar-refractivity contribution >= 4 is 17.5 Å². The smallest absolute Gasteiger partial charge is 0.230 e. The molecule has 1 unspecified atom stereocenters. The predicted octanol–water partition coefficient (Wildman–Crippen LogP) is 3.08. The van der Waals surface area contributed by atoms with Gasteiger partial charge in [-0.15, -0.1) is 0 Å². The van der Waals surface area contributed by atoms with Crippen LogP contribution in [-0.4, -0.2) is 30.4 Å². The minimum Gasteiger partial charge on any atom is -0.338 e. The van der Waals surface area contributed by atoms with E-state index in [9.17, 15) is 4.79 Å². The van der Waals surface area contributed by atoms with Crippen LogP contribution in [0.4, 0.5) is 0 Å². The van der Waals surface area contributed by atoms with Gasteiger partial charge in [0.1, 0.15) is 0 Å². The number of carbonyl (C=O) groups excluding carboxylic acids is 1. The second-order valence-electron chi connectivity index (χ2n) is 5.79. The predicted molar refractivity (Wildman–Crippen MR) is 82.8 cm³/mol. The summed E-state index contributed by atoms with van der Waals surface area (Å²) in [7, 11) is 0. The summed E-state index contributed by atoms with van der Waals surface area (Å²) in [6, 6.07) is 7.73. The molecule has 4 heteroatoms. The van der Waals surface area contributed by atoms with Gasteiger partial charge in [0.05, 0.1) is 5.41 Å². The van der Waals surface area contributed by atoms with Crippen molar-refractivity contribution in [3.63, 3.8) is 0 Å². The number of nitrogens with zero attached hydrogens (tertiary/aromatic N) is 1. The van der Waals surface area contributed by atoms with Gasteiger partial charge in [0, 0.05) is 24.7 Å². The van der Waals surface area contributed by atoms with Gasteiger partial charge >= 0.3 is 0 Å². The SMILES string of the molecule is CCN(Cc1cccc(Cl)c1)C(=O)C1(C)CCCNC1. The van der Waals surface area contributed by atoms with Crippen molar-refractivity contribution in [3.8, 4) is 0 Å². The van der Waals surface area contributed by atoms with Crippen LogP contribution in [0, 0.1) is 5.41 Å². The van der Waals surface area contributed by atoms with Crippen LogP contribution in [-0.2, 0) is 11.3 Å². The molecule has 20 heavy (non-hydrogen) atoms. The summed E-state index contributed by atoms with van der Waals surface area (Å²) in [6.45, 7) is 7.25. The van der Waals surface area contributed by atoms with Gasteiger partial charge in [-0.1, -0.05) is 23.7 Å². The maximum atomic E-state index is 12.8. The van der Waals surface area contributed by atoms with Gasteiger partial charge < -0.3 is 10.2 Å². The molecule has 1 aliphatic rings. The molecule has 3 nitrogen and oxygen atoms in total. The highest BCUT2D eigenvalue weighted by Crippen LogP contribution is 2.28. The van der Waals surface area contributed by atoms with Gasteiger partial charge in [-0.05, 0) is 50.9 Å². The van der Waals surface area contributed by atoms with Crippen molar-refractivity contribution in [2.45, 2.75) is 33.2 Å². The molecule has 0 aromatic heterocycles. The number of carbonyl (C=O) groups is 1. The molecule has 0 bridgehead atoms. The van der Waals surface area contributed by atoms with Crippen LogP contribution < -0.4 is 5.32 Å². The Hall–Kier alpha value is -1.06.